The summed E-state index contributed by atoms with van der Waals surface area (Å²) in [6, 6.07) is 18.6. The summed E-state index contributed by atoms with van der Waals surface area (Å²) >= 11 is 0. The van der Waals surface area contributed by atoms with Crippen molar-refractivity contribution in [3.05, 3.63) is 82.8 Å². The number of hydrogen-bond acceptors (Lipinski definition) is 4. The Hall–Kier alpha value is -4.10. The molecule has 0 radical (unpaired) electrons. The second kappa shape index (κ2) is 11.6. The highest BCUT2D eigenvalue weighted by atomic mass is 16.5. The van der Waals surface area contributed by atoms with Gasteiger partial charge in [0.05, 0.1) is 30.1 Å². The van der Waals surface area contributed by atoms with Crippen LogP contribution in [0.2, 0.25) is 0 Å². The number of ether oxygens (including phenoxy) is 2. The van der Waals surface area contributed by atoms with Crippen LogP contribution in [0.4, 0.5) is 0 Å². The molecule has 0 amide bonds. The first-order valence-corrected chi connectivity index (χ1v) is 15.0. The Morgan fingerprint density at radius 3 is 2.69 bits per heavy atom. The zero-order valence-corrected chi connectivity index (χ0v) is 24.9. The molecule has 0 aliphatic carbocycles. The molecule has 7 nitrogen and oxygen atoms in total. The van der Waals surface area contributed by atoms with Gasteiger partial charge < -0.3 is 19.1 Å². The van der Waals surface area contributed by atoms with Crippen molar-refractivity contribution in [2.24, 2.45) is 7.05 Å². The molecule has 0 bridgehead atoms. The molecule has 42 heavy (non-hydrogen) atoms. The number of benzene rings is 3. The van der Waals surface area contributed by atoms with Gasteiger partial charge in [-0.2, -0.15) is 5.10 Å². The lowest BCUT2D eigenvalue weighted by molar-refractivity contribution is 0.0683. The van der Waals surface area contributed by atoms with Crippen molar-refractivity contribution in [3.63, 3.8) is 0 Å². The van der Waals surface area contributed by atoms with Crippen molar-refractivity contribution in [1.29, 1.82) is 0 Å². The molecule has 1 atom stereocenters. The molecule has 5 aromatic rings. The minimum atomic E-state index is -0.889. The molecule has 1 N–H and O–H groups in total. The average Bonchev–Trinajstić information content (AvgIpc) is 3.47. The Morgan fingerprint density at radius 2 is 1.88 bits per heavy atom. The monoisotopic (exact) mass is 565 g/mol. The topological polar surface area (TPSA) is 78.5 Å². The lowest BCUT2D eigenvalue weighted by Gasteiger charge is -2.15. The van der Waals surface area contributed by atoms with Gasteiger partial charge in [0.2, 0.25) is 0 Å². The number of rotatable bonds is 7. The molecule has 0 saturated heterocycles. The van der Waals surface area contributed by atoms with Crippen LogP contribution >= 0.6 is 0 Å². The quantitative estimate of drug-likeness (QED) is 0.219. The Labute approximate surface area is 246 Å². The molecule has 0 saturated carbocycles. The van der Waals surface area contributed by atoms with E-state index in [1.165, 1.54) is 0 Å². The second-order valence-corrected chi connectivity index (χ2v) is 11.4. The smallest absolute Gasteiger partial charge is 0.352 e. The molecule has 7 heteroatoms. The number of aromatic carboxylic acids is 1. The molecule has 1 aliphatic rings. The first-order valence-electron chi connectivity index (χ1n) is 15.0. The highest BCUT2D eigenvalue weighted by molar-refractivity contribution is 6.05. The summed E-state index contributed by atoms with van der Waals surface area (Å²) in [6.07, 6.45) is 3.17. The summed E-state index contributed by atoms with van der Waals surface area (Å²) in [5.74, 6) is -0.0625. The van der Waals surface area contributed by atoms with Crippen LogP contribution in [-0.2, 0) is 31.4 Å². The molecule has 3 aromatic carbocycles. The van der Waals surface area contributed by atoms with Gasteiger partial charge in [0.15, 0.2) is 0 Å². The standard InChI is InChI=1S/C35H39N3O4/c1-5-27-32-28(37(4)36-27)21-41-19-9-8-18-38-33-26(16-15-22(2)31(32)33)30(34(38)35(39)40)23(3)17-20-42-29-14-10-12-24-11-6-7-13-25(24)29/h6-7,10-16,23H,5,8-9,17-21H2,1-4H3,(H,39,40). The van der Waals surface area contributed by atoms with Crippen LogP contribution < -0.4 is 4.74 Å². The fourth-order valence-electron chi connectivity index (χ4n) is 6.62. The first kappa shape index (κ1) is 28.0. The van der Waals surface area contributed by atoms with Gasteiger partial charge in [-0.3, -0.25) is 4.68 Å². The largest absolute Gasteiger partial charge is 0.493 e. The van der Waals surface area contributed by atoms with Crippen LogP contribution in [0, 0.1) is 6.92 Å². The van der Waals surface area contributed by atoms with E-state index >= 15 is 0 Å². The number of hydrogen-bond donors (Lipinski definition) is 1. The van der Waals surface area contributed by atoms with E-state index in [1.54, 1.807) is 0 Å². The highest BCUT2D eigenvalue weighted by Gasteiger charge is 2.30. The van der Waals surface area contributed by atoms with Gasteiger partial charge in [0.1, 0.15) is 11.4 Å². The van der Waals surface area contributed by atoms with Crippen molar-refractivity contribution in [1.82, 2.24) is 14.3 Å². The minimum absolute atomic E-state index is 0.0272. The molecule has 1 unspecified atom stereocenters. The van der Waals surface area contributed by atoms with Crippen LogP contribution in [0.3, 0.4) is 0 Å². The van der Waals surface area contributed by atoms with E-state index in [2.05, 4.69) is 55.7 Å². The van der Waals surface area contributed by atoms with Gasteiger partial charge in [0.25, 0.3) is 0 Å². The number of carbonyl (C=O) groups is 1. The highest BCUT2D eigenvalue weighted by Crippen LogP contribution is 2.43. The fourth-order valence-corrected chi connectivity index (χ4v) is 6.62. The zero-order valence-electron chi connectivity index (χ0n) is 24.9. The average molecular weight is 566 g/mol. The summed E-state index contributed by atoms with van der Waals surface area (Å²) in [4.78, 5) is 13.0. The molecular weight excluding hydrogens is 526 g/mol. The number of carboxylic acid groups (broad SMARTS) is 1. The van der Waals surface area contributed by atoms with Crippen LogP contribution in [0.15, 0.2) is 54.6 Å². The van der Waals surface area contributed by atoms with Gasteiger partial charge in [-0.15, -0.1) is 0 Å². The molecule has 3 heterocycles. The van der Waals surface area contributed by atoms with Crippen molar-refractivity contribution in [2.45, 2.75) is 65.5 Å². The Kier molecular flexibility index (Phi) is 7.78. The molecule has 2 aromatic heterocycles. The van der Waals surface area contributed by atoms with Crippen molar-refractivity contribution >= 4 is 27.6 Å². The molecule has 218 valence electrons. The fraction of sp³-hybridized carbons (Fsp3) is 0.371. The molecule has 6 rings (SSSR count). The first-order chi connectivity index (χ1) is 20.4. The number of carboxylic acids is 1. The van der Waals surface area contributed by atoms with E-state index in [-0.39, 0.29) is 5.92 Å². The second-order valence-electron chi connectivity index (χ2n) is 11.4. The SMILES string of the molecule is CCc1nn(C)c2c1-c1c(C)ccc3c(C(C)CCOc4cccc5ccccc45)c(C(=O)O)n(c13)CCCCOC2. The van der Waals surface area contributed by atoms with Gasteiger partial charge in [-0.25, -0.2) is 4.79 Å². The number of aryl methyl sites for hydroxylation is 4. The maximum absolute atomic E-state index is 13.0. The number of nitrogens with zero attached hydrogens (tertiary/aromatic N) is 3. The van der Waals surface area contributed by atoms with Crippen molar-refractivity contribution in [2.75, 3.05) is 13.2 Å². The molecular formula is C35H39N3O4. The van der Waals surface area contributed by atoms with Gasteiger partial charge in [-0.1, -0.05) is 62.4 Å². The predicted molar refractivity (Wildman–Crippen MR) is 167 cm³/mol. The summed E-state index contributed by atoms with van der Waals surface area (Å²) in [5.41, 5.74) is 7.58. The Balaban J connectivity index is 1.47. The van der Waals surface area contributed by atoms with Crippen molar-refractivity contribution in [3.8, 4) is 16.9 Å². The van der Waals surface area contributed by atoms with Gasteiger partial charge >= 0.3 is 5.97 Å². The van der Waals surface area contributed by atoms with E-state index in [9.17, 15) is 9.90 Å². The molecule has 0 fully saturated rings. The van der Waals surface area contributed by atoms with Gasteiger partial charge in [0, 0.05) is 42.1 Å². The molecule has 0 spiro atoms. The van der Waals surface area contributed by atoms with E-state index in [0.717, 1.165) is 80.3 Å². The van der Waals surface area contributed by atoms with E-state index in [4.69, 9.17) is 14.6 Å². The lowest BCUT2D eigenvalue weighted by Crippen LogP contribution is -2.13. The Bertz CT molecular complexity index is 1780. The number of fused-ring (bicyclic) bond motifs is 3. The van der Waals surface area contributed by atoms with E-state index in [0.29, 0.717) is 38.5 Å². The maximum Gasteiger partial charge on any atom is 0.352 e. The summed E-state index contributed by atoms with van der Waals surface area (Å²) < 4.78 is 16.4. The van der Waals surface area contributed by atoms with E-state index in [1.807, 2.05) is 36.0 Å². The maximum atomic E-state index is 13.0. The minimum Gasteiger partial charge on any atom is -0.493 e. The molecule has 1 aliphatic heterocycles. The third-order valence-electron chi connectivity index (χ3n) is 8.71. The predicted octanol–water partition coefficient (Wildman–Crippen LogP) is 7.65. The summed E-state index contributed by atoms with van der Waals surface area (Å²) in [7, 11) is 1.97. The van der Waals surface area contributed by atoms with Crippen LogP contribution in [-0.4, -0.2) is 38.6 Å². The normalized spacial score (nSPS) is 14.5. The van der Waals surface area contributed by atoms with Crippen LogP contribution in [0.25, 0.3) is 32.8 Å². The summed E-state index contributed by atoms with van der Waals surface area (Å²) in [6.45, 7) is 8.58. The third-order valence-corrected chi connectivity index (χ3v) is 8.71. The van der Waals surface area contributed by atoms with Gasteiger partial charge in [-0.05, 0) is 61.1 Å². The zero-order chi connectivity index (χ0) is 29.4. The van der Waals surface area contributed by atoms with Crippen LogP contribution in [0.1, 0.15) is 72.0 Å². The Morgan fingerprint density at radius 1 is 1.07 bits per heavy atom. The summed E-state index contributed by atoms with van der Waals surface area (Å²) in [5, 5.41) is 18.8. The van der Waals surface area contributed by atoms with E-state index < -0.39 is 5.97 Å². The third kappa shape index (κ3) is 4.86. The van der Waals surface area contributed by atoms with Crippen LogP contribution in [0.5, 0.6) is 5.75 Å². The lowest BCUT2D eigenvalue weighted by atomic mass is 9.90. The number of aromatic nitrogens is 3. The van der Waals surface area contributed by atoms with Crippen molar-refractivity contribution < 1.29 is 19.4 Å².